The summed E-state index contributed by atoms with van der Waals surface area (Å²) in [5, 5.41) is 21.2. The van der Waals surface area contributed by atoms with Gasteiger partial charge in [0.25, 0.3) is 5.91 Å². The number of aromatic carboxylic acids is 1. The molecule has 140 valence electrons. The van der Waals surface area contributed by atoms with Crippen molar-refractivity contribution in [1.29, 1.82) is 0 Å². The normalized spacial score (nSPS) is 13.8. The number of nitrogens with one attached hydrogen (secondary N) is 1. The van der Waals surface area contributed by atoms with E-state index in [1.807, 2.05) is 0 Å². The number of aliphatic hydroxyl groups is 1. The topological polar surface area (TPSA) is 125 Å². The van der Waals surface area contributed by atoms with E-state index in [0.29, 0.717) is 12.3 Å². The van der Waals surface area contributed by atoms with Crippen LogP contribution in [-0.2, 0) is 14.3 Å². The highest BCUT2D eigenvalue weighted by Crippen LogP contribution is 2.27. The molecule has 2 rings (SSSR count). The number of hydrogen-bond donors (Lipinski definition) is 3. The fourth-order valence-electron chi connectivity index (χ4n) is 2.55. The summed E-state index contributed by atoms with van der Waals surface area (Å²) in [6, 6.07) is 4.33. The van der Waals surface area contributed by atoms with Crippen LogP contribution in [0.2, 0.25) is 0 Å². The zero-order valence-corrected chi connectivity index (χ0v) is 14.4. The van der Waals surface area contributed by atoms with Crippen molar-refractivity contribution in [2.45, 2.75) is 6.92 Å². The number of hydrogen-bond acceptors (Lipinski definition) is 7. The zero-order chi connectivity index (χ0) is 19.3. The molecule has 0 bridgehead atoms. The number of rotatable bonds is 8. The molecule has 1 aliphatic rings. The summed E-state index contributed by atoms with van der Waals surface area (Å²) in [4.78, 5) is 37.1. The Hall–Kier alpha value is -3.07. The summed E-state index contributed by atoms with van der Waals surface area (Å²) in [6.07, 6.45) is 0. The van der Waals surface area contributed by atoms with Gasteiger partial charge in [-0.1, -0.05) is 0 Å². The number of nitrogens with zero attached hydrogens (tertiary/aromatic N) is 1. The standard InChI is InChI=1S/C17H20N2O7/c1-3-26-13-5-4-10(8-11(13)16(22)23)18-14-12(17(24)25-2)9-19(6-7-20)15(14)21/h4-5,8,18,20H,3,6-7,9H2,1-2H3,(H,22,23). The van der Waals surface area contributed by atoms with Gasteiger partial charge in [-0.25, -0.2) is 9.59 Å². The number of carboxylic acids is 1. The van der Waals surface area contributed by atoms with Crippen molar-refractivity contribution in [3.63, 3.8) is 0 Å². The SMILES string of the molecule is CCOc1ccc(NC2=C(C(=O)OC)CN(CCO)C2=O)cc1C(=O)O. The van der Waals surface area contributed by atoms with Gasteiger partial charge in [0.2, 0.25) is 0 Å². The largest absolute Gasteiger partial charge is 0.493 e. The minimum absolute atomic E-state index is 0.00276. The monoisotopic (exact) mass is 364 g/mol. The molecule has 0 atom stereocenters. The number of carboxylic acid groups (broad SMARTS) is 1. The third-order valence-corrected chi connectivity index (χ3v) is 3.73. The number of esters is 1. The highest BCUT2D eigenvalue weighted by Gasteiger charge is 2.34. The quantitative estimate of drug-likeness (QED) is 0.568. The van der Waals surface area contributed by atoms with E-state index >= 15 is 0 Å². The molecule has 0 fully saturated rings. The van der Waals surface area contributed by atoms with Crippen molar-refractivity contribution in [3.05, 3.63) is 35.0 Å². The Morgan fingerprint density at radius 3 is 2.65 bits per heavy atom. The number of amides is 1. The molecular formula is C17H20N2O7. The molecule has 0 radical (unpaired) electrons. The van der Waals surface area contributed by atoms with Crippen molar-refractivity contribution in [3.8, 4) is 5.75 Å². The molecule has 0 saturated carbocycles. The lowest BCUT2D eigenvalue weighted by molar-refractivity contribution is -0.136. The molecule has 1 aromatic carbocycles. The molecule has 1 heterocycles. The Bertz CT molecular complexity index is 757. The molecule has 0 unspecified atom stereocenters. The highest BCUT2D eigenvalue weighted by atomic mass is 16.5. The molecule has 0 aromatic heterocycles. The lowest BCUT2D eigenvalue weighted by Gasteiger charge is -2.15. The number of aliphatic hydroxyl groups excluding tert-OH is 1. The fourth-order valence-corrected chi connectivity index (χ4v) is 2.55. The van der Waals surface area contributed by atoms with Crippen LogP contribution < -0.4 is 10.1 Å². The number of carbonyl (C=O) groups is 3. The van der Waals surface area contributed by atoms with Gasteiger partial charge in [0.1, 0.15) is 17.0 Å². The first kappa shape index (κ1) is 19.3. The van der Waals surface area contributed by atoms with Crippen molar-refractivity contribution in [2.75, 3.05) is 38.7 Å². The number of anilines is 1. The molecule has 3 N–H and O–H groups in total. The average Bonchev–Trinajstić information content (AvgIpc) is 2.92. The van der Waals surface area contributed by atoms with E-state index in [2.05, 4.69) is 5.32 Å². The maximum atomic E-state index is 12.5. The van der Waals surface area contributed by atoms with Crippen LogP contribution in [0.4, 0.5) is 5.69 Å². The van der Waals surface area contributed by atoms with E-state index in [4.69, 9.17) is 14.6 Å². The first-order valence-corrected chi connectivity index (χ1v) is 7.91. The highest BCUT2D eigenvalue weighted by molar-refractivity contribution is 6.08. The van der Waals surface area contributed by atoms with Crippen LogP contribution in [0, 0.1) is 0 Å². The molecule has 0 aliphatic carbocycles. The summed E-state index contributed by atoms with van der Waals surface area (Å²) < 4.78 is 9.97. The number of β-amino-alcohol motifs (C(OH)–C–C–N with tert-alkyl or cyclic N) is 1. The van der Waals surface area contributed by atoms with Gasteiger partial charge in [-0.2, -0.15) is 0 Å². The van der Waals surface area contributed by atoms with Crippen LogP contribution >= 0.6 is 0 Å². The van der Waals surface area contributed by atoms with Crippen LogP contribution in [0.15, 0.2) is 29.5 Å². The molecule has 26 heavy (non-hydrogen) atoms. The smallest absolute Gasteiger partial charge is 0.339 e. The minimum Gasteiger partial charge on any atom is -0.493 e. The summed E-state index contributed by atoms with van der Waals surface area (Å²) in [7, 11) is 1.20. The van der Waals surface area contributed by atoms with Crippen molar-refractivity contribution < 1.29 is 34.1 Å². The molecule has 9 heteroatoms. The number of methoxy groups -OCH3 is 1. The van der Waals surface area contributed by atoms with Gasteiger partial charge in [0.05, 0.1) is 32.4 Å². The molecular weight excluding hydrogens is 344 g/mol. The number of carbonyl (C=O) groups excluding carboxylic acids is 2. The van der Waals surface area contributed by atoms with Crippen LogP contribution in [0.25, 0.3) is 0 Å². The summed E-state index contributed by atoms with van der Waals surface area (Å²) in [5.41, 5.74) is 0.332. The van der Waals surface area contributed by atoms with E-state index < -0.39 is 17.8 Å². The number of benzene rings is 1. The molecule has 9 nitrogen and oxygen atoms in total. The maximum Gasteiger partial charge on any atom is 0.339 e. The Kier molecular flexibility index (Phi) is 6.18. The van der Waals surface area contributed by atoms with Crippen molar-refractivity contribution in [2.24, 2.45) is 0 Å². The van der Waals surface area contributed by atoms with Crippen LogP contribution in [0.3, 0.4) is 0 Å². The third-order valence-electron chi connectivity index (χ3n) is 3.73. The van der Waals surface area contributed by atoms with E-state index in [1.165, 1.54) is 24.1 Å². The Morgan fingerprint density at radius 2 is 2.08 bits per heavy atom. The molecule has 1 aromatic rings. The van der Waals surface area contributed by atoms with Crippen LogP contribution in [-0.4, -0.2) is 66.4 Å². The summed E-state index contributed by atoms with van der Waals surface area (Å²) in [5.74, 6) is -2.14. The van der Waals surface area contributed by atoms with Crippen molar-refractivity contribution in [1.82, 2.24) is 4.90 Å². The molecule has 0 spiro atoms. The first-order valence-electron chi connectivity index (χ1n) is 7.91. The van der Waals surface area contributed by atoms with E-state index in [1.54, 1.807) is 13.0 Å². The van der Waals surface area contributed by atoms with Gasteiger partial charge in [-0.15, -0.1) is 0 Å². The summed E-state index contributed by atoms with van der Waals surface area (Å²) in [6.45, 7) is 1.85. The molecule has 1 aliphatic heterocycles. The maximum absolute atomic E-state index is 12.5. The Labute approximate surface area is 149 Å². The number of ether oxygens (including phenoxy) is 2. The van der Waals surface area contributed by atoms with Gasteiger partial charge in [-0.3, -0.25) is 4.79 Å². The first-order chi connectivity index (χ1) is 12.4. The Balaban J connectivity index is 2.37. The second kappa shape index (κ2) is 8.34. The predicted octanol–water partition coefficient (Wildman–Crippen LogP) is 0.457. The lowest BCUT2D eigenvalue weighted by atomic mass is 10.1. The third kappa shape index (κ3) is 3.94. The van der Waals surface area contributed by atoms with E-state index in [-0.39, 0.29) is 42.3 Å². The predicted molar refractivity (Wildman–Crippen MR) is 90.9 cm³/mol. The summed E-state index contributed by atoms with van der Waals surface area (Å²) >= 11 is 0. The van der Waals surface area contributed by atoms with E-state index in [9.17, 15) is 19.5 Å². The fraction of sp³-hybridized carbons (Fsp3) is 0.353. The average molecular weight is 364 g/mol. The lowest BCUT2D eigenvalue weighted by Crippen LogP contribution is -2.31. The second-order valence-electron chi connectivity index (χ2n) is 5.37. The van der Waals surface area contributed by atoms with Gasteiger partial charge >= 0.3 is 11.9 Å². The van der Waals surface area contributed by atoms with Gasteiger partial charge < -0.3 is 29.9 Å². The van der Waals surface area contributed by atoms with Gasteiger partial charge in [0, 0.05) is 12.2 Å². The molecule has 0 saturated heterocycles. The Morgan fingerprint density at radius 1 is 1.35 bits per heavy atom. The zero-order valence-electron chi connectivity index (χ0n) is 14.4. The van der Waals surface area contributed by atoms with E-state index in [0.717, 1.165) is 0 Å². The van der Waals surface area contributed by atoms with Crippen LogP contribution in [0.1, 0.15) is 17.3 Å². The van der Waals surface area contributed by atoms with Crippen LogP contribution in [0.5, 0.6) is 5.75 Å². The minimum atomic E-state index is -1.18. The van der Waals surface area contributed by atoms with Crippen molar-refractivity contribution >= 4 is 23.5 Å². The van der Waals surface area contributed by atoms with Gasteiger partial charge in [0.15, 0.2) is 0 Å². The molecule has 1 amide bonds. The van der Waals surface area contributed by atoms with Gasteiger partial charge in [-0.05, 0) is 25.1 Å². The second-order valence-corrected chi connectivity index (χ2v) is 5.37.